The highest BCUT2D eigenvalue weighted by molar-refractivity contribution is 7.98. The van der Waals surface area contributed by atoms with Crippen LogP contribution in [0.5, 0.6) is 0 Å². The van der Waals surface area contributed by atoms with Crippen LogP contribution in [0.15, 0.2) is 24.5 Å². The van der Waals surface area contributed by atoms with Crippen LogP contribution in [0.25, 0.3) is 0 Å². The number of pyridine rings is 1. The van der Waals surface area contributed by atoms with Crippen LogP contribution < -0.4 is 0 Å². The van der Waals surface area contributed by atoms with Crippen LogP contribution in [0, 0.1) is 0 Å². The van der Waals surface area contributed by atoms with Crippen molar-refractivity contribution >= 4 is 17.7 Å². The van der Waals surface area contributed by atoms with E-state index in [4.69, 9.17) is 5.11 Å². The number of rotatable bonds is 4. The Morgan fingerprint density at radius 3 is 2.69 bits per heavy atom. The summed E-state index contributed by atoms with van der Waals surface area (Å²) in [6.07, 6.45) is 5.43. The maximum Gasteiger partial charge on any atom is 0.304 e. The highest BCUT2D eigenvalue weighted by Crippen LogP contribution is 2.29. The highest BCUT2D eigenvalue weighted by Gasteiger charge is 2.13. The first-order valence-electron chi connectivity index (χ1n) is 3.88. The lowest BCUT2D eigenvalue weighted by Gasteiger charge is -2.11. The van der Waals surface area contributed by atoms with Gasteiger partial charge in [-0.05, 0) is 24.0 Å². The molecule has 0 saturated heterocycles. The molecule has 1 aromatic heterocycles. The second kappa shape index (κ2) is 4.87. The molecule has 1 heterocycles. The number of carboxylic acid groups (broad SMARTS) is 1. The van der Waals surface area contributed by atoms with Crippen LogP contribution in [-0.2, 0) is 4.79 Å². The molecule has 0 amide bonds. The molecule has 13 heavy (non-hydrogen) atoms. The third-order valence-corrected chi connectivity index (χ3v) is 2.73. The van der Waals surface area contributed by atoms with Gasteiger partial charge in [0.2, 0.25) is 0 Å². The zero-order valence-corrected chi connectivity index (χ0v) is 8.12. The molecule has 0 aliphatic rings. The van der Waals surface area contributed by atoms with Crippen molar-refractivity contribution in [2.45, 2.75) is 11.7 Å². The predicted octanol–water partition coefficient (Wildman–Crippen LogP) is 1.96. The first-order valence-corrected chi connectivity index (χ1v) is 5.17. The Labute approximate surface area is 81.2 Å². The van der Waals surface area contributed by atoms with Gasteiger partial charge in [-0.1, -0.05) is 0 Å². The molecule has 1 unspecified atom stereocenters. The molecule has 1 N–H and O–H groups in total. The third kappa shape index (κ3) is 3.06. The predicted molar refractivity (Wildman–Crippen MR) is 52.7 cm³/mol. The van der Waals surface area contributed by atoms with Crippen molar-refractivity contribution in [3.8, 4) is 0 Å². The van der Waals surface area contributed by atoms with Crippen molar-refractivity contribution < 1.29 is 9.90 Å². The van der Waals surface area contributed by atoms with Crippen LogP contribution in [0.3, 0.4) is 0 Å². The van der Waals surface area contributed by atoms with E-state index < -0.39 is 5.97 Å². The zero-order chi connectivity index (χ0) is 9.68. The summed E-state index contributed by atoms with van der Waals surface area (Å²) in [5.41, 5.74) is 1.02. The van der Waals surface area contributed by atoms with Gasteiger partial charge in [0.15, 0.2) is 0 Å². The van der Waals surface area contributed by atoms with E-state index in [2.05, 4.69) is 4.98 Å². The zero-order valence-electron chi connectivity index (χ0n) is 7.30. The molecule has 0 aromatic carbocycles. The molecule has 0 saturated carbocycles. The summed E-state index contributed by atoms with van der Waals surface area (Å²) in [5, 5.41) is 8.68. The van der Waals surface area contributed by atoms with E-state index in [0.29, 0.717) is 0 Å². The first kappa shape index (κ1) is 10.1. The molecular weight excluding hydrogens is 186 g/mol. The van der Waals surface area contributed by atoms with Gasteiger partial charge in [-0.3, -0.25) is 9.78 Å². The maximum absolute atomic E-state index is 10.5. The largest absolute Gasteiger partial charge is 0.481 e. The molecule has 0 aliphatic heterocycles. The first-order chi connectivity index (χ1) is 6.24. The fourth-order valence-corrected chi connectivity index (χ4v) is 1.81. The van der Waals surface area contributed by atoms with Crippen molar-refractivity contribution in [1.82, 2.24) is 4.98 Å². The number of hydrogen-bond donors (Lipinski definition) is 1. The van der Waals surface area contributed by atoms with E-state index in [1.807, 2.05) is 18.4 Å². The van der Waals surface area contributed by atoms with Crippen LogP contribution in [0.2, 0.25) is 0 Å². The van der Waals surface area contributed by atoms with Crippen LogP contribution in [0.1, 0.15) is 17.2 Å². The quantitative estimate of drug-likeness (QED) is 0.801. The van der Waals surface area contributed by atoms with Crippen molar-refractivity contribution in [1.29, 1.82) is 0 Å². The SMILES string of the molecule is CSC(CC(=O)O)c1ccncc1. The molecule has 3 nitrogen and oxygen atoms in total. The van der Waals surface area contributed by atoms with E-state index in [1.165, 1.54) is 0 Å². The molecule has 0 fully saturated rings. The summed E-state index contributed by atoms with van der Waals surface area (Å²) in [7, 11) is 0. The van der Waals surface area contributed by atoms with Crippen LogP contribution in [-0.4, -0.2) is 22.3 Å². The summed E-state index contributed by atoms with van der Waals surface area (Å²) in [4.78, 5) is 14.4. The van der Waals surface area contributed by atoms with Crippen molar-refractivity contribution in [2.24, 2.45) is 0 Å². The fourth-order valence-electron chi connectivity index (χ4n) is 1.07. The Morgan fingerprint density at radius 1 is 1.62 bits per heavy atom. The Kier molecular flexibility index (Phi) is 3.76. The van der Waals surface area contributed by atoms with Gasteiger partial charge >= 0.3 is 5.97 Å². The minimum absolute atomic E-state index is 0.0282. The van der Waals surface area contributed by atoms with Gasteiger partial charge in [0, 0.05) is 17.6 Å². The Bertz CT molecular complexity index is 276. The summed E-state index contributed by atoms with van der Waals surface area (Å²) >= 11 is 1.54. The number of aromatic nitrogens is 1. The lowest BCUT2D eigenvalue weighted by Crippen LogP contribution is -2.02. The molecule has 70 valence electrons. The summed E-state index contributed by atoms with van der Waals surface area (Å²) in [6, 6.07) is 3.70. The average Bonchev–Trinajstić information content (AvgIpc) is 2.15. The molecular formula is C9H11NO2S. The van der Waals surface area contributed by atoms with Crippen molar-refractivity contribution in [3.63, 3.8) is 0 Å². The number of carboxylic acids is 1. The van der Waals surface area contributed by atoms with E-state index >= 15 is 0 Å². The lowest BCUT2D eigenvalue weighted by atomic mass is 10.1. The highest BCUT2D eigenvalue weighted by atomic mass is 32.2. The van der Waals surface area contributed by atoms with Gasteiger partial charge in [-0.25, -0.2) is 0 Å². The monoisotopic (exact) mass is 197 g/mol. The van der Waals surface area contributed by atoms with Crippen LogP contribution in [0.4, 0.5) is 0 Å². The Hall–Kier alpha value is -1.03. The number of carbonyl (C=O) groups is 1. The molecule has 0 spiro atoms. The molecule has 1 atom stereocenters. The normalized spacial score (nSPS) is 12.4. The molecule has 1 rings (SSSR count). The van der Waals surface area contributed by atoms with Crippen LogP contribution >= 0.6 is 11.8 Å². The Balaban J connectivity index is 2.73. The topological polar surface area (TPSA) is 50.2 Å². The summed E-state index contributed by atoms with van der Waals surface area (Å²) in [5.74, 6) is -0.767. The van der Waals surface area contributed by atoms with E-state index in [9.17, 15) is 4.79 Å². The smallest absolute Gasteiger partial charge is 0.304 e. The van der Waals surface area contributed by atoms with Gasteiger partial charge in [-0.15, -0.1) is 0 Å². The number of aliphatic carboxylic acids is 1. The molecule has 0 bridgehead atoms. The van der Waals surface area contributed by atoms with Crippen molar-refractivity contribution in [3.05, 3.63) is 30.1 Å². The molecule has 4 heteroatoms. The second-order valence-corrected chi connectivity index (χ2v) is 3.64. The Morgan fingerprint density at radius 2 is 2.23 bits per heavy atom. The summed E-state index contributed by atoms with van der Waals surface area (Å²) in [6.45, 7) is 0. The van der Waals surface area contributed by atoms with Gasteiger partial charge < -0.3 is 5.11 Å². The third-order valence-electron chi connectivity index (χ3n) is 1.72. The molecule has 0 aliphatic carbocycles. The molecule has 1 aromatic rings. The minimum Gasteiger partial charge on any atom is -0.481 e. The molecule has 0 radical (unpaired) electrons. The number of thioether (sulfide) groups is 1. The van der Waals surface area contributed by atoms with Gasteiger partial charge in [0.25, 0.3) is 0 Å². The average molecular weight is 197 g/mol. The van der Waals surface area contributed by atoms with E-state index in [0.717, 1.165) is 5.56 Å². The number of hydrogen-bond acceptors (Lipinski definition) is 3. The van der Waals surface area contributed by atoms with Gasteiger partial charge in [0.05, 0.1) is 6.42 Å². The fraction of sp³-hybridized carbons (Fsp3) is 0.333. The van der Waals surface area contributed by atoms with E-state index in [-0.39, 0.29) is 11.7 Å². The maximum atomic E-state index is 10.5. The van der Waals surface area contributed by atoms with Gasteiger partial charge in [0.1, 0.15) is 0 Å². The van der Waals surface area contributed by atoms with Crippen molar-refractivity contribution in [2.75, 3.05) is 6.26 Å². The standard InChI is InChI=1S/C9H11NO2S/c1-13-8(6-9(11)12)7-2-4-10-5-3-7/h2-5,8H,6H2,1H3,(H,11,12). The lowest BCUT2D eigenvalue weighted by molar-refractivity contribution is -0.137. The summed E-state index contributed by atoms with van der Waals surface area (Å²) < 4.78 is 0. The second-order valence-electron chi connectivity index (χ2n) is 2.60. The van der Waals surface area contributed by atoms with Gasteiger partial charge in [-0.2, -0.15) is 11.8 Å². The number of nitrogens with zero attached hydrogens (tertiary/aromatic N) is 1. The van der Waals surface area contributed by atoms with E-state index in [1.54, 1.807) is 24.2 Å². The minimum atomic E-state index is -0.767.